The quantitative estimate of drug-likeness (QED) is 0.632. The number of thioether (sulfide) groups is 1. The van der Waals surface area contributed by atoms with Gasteiger partial charge in [0.2, 0.25) is 0 Å². The monoisotopic (exact) mass is 243 g/mol. The van der Waals surface area contributed by atoms with Crippen LogP contribution in [0.1, 0.15) is 5.37 Å². The number of nitrogens with two attached hydrogens (primary N) is 1. The van der Waals surface area contributed by atoms with Crippen LogP contribution in [0.15, 0.2) is 17.1 Å². The minimum atomic E-state index is -0.424. The van der Waals surface area contributed by atoms with Crippen molar-refractivity contribution in [3.63, 3.8) is 0 Å². The molecule has 1 aromatic rings. The summed E-state index contributed by atoms with van der Waals surface area (Å²) in [5.41, 5.74) is 4.96. The smallest absolute Gasteiger partial charge is 0.350 e. The summed E-state index contributed by atoms with van der Waals surface area (Å²) in [6.45, 7) is -0.0523. The molecular formula is C9H13N3O3S. The van der Waals surface area contributed by atoms with Gasteiger partial charge in [0.15, 0.2) is 0 Å². The number of anilines is 1. The number of aromatic nitrogens is 2. The zero-order valence-electron chi connectivity index (χ0n) is 8.48. The Morgan fingerprint density at radius 3 is 2.81 bits per heavy atom. The van der Waals surface area contributed by atoms with Gasteiger partial charge in [0, 0.05) is 24.0 Å². The van der Waals surface area contributed by atoms with Gasteiger partial charge in [-0.25, -0.2) is 4.79 Å². The Bertz CT molecular complexity index is 436. The molecule has 0 unspecified atom stereocenters. The zero-order valence-corrected chi connectivity index (χ0v) is 9.30. The third-order valence-corrected chi connectivity index (χ3v) is 4.38. The molecular weight excluding hydrogens is 230 g/mol. The molecule has 0 aliphatic carbocycles. The summed E-state index contributed by atoms with van der Waals surface area (Å²) in [6.07, 6.45) is 1.57. The van der Waals surface area contributed by atoms with Crippen LogP contribution in [0.3, 0.4) is 0 Å². The third-order valence-electron chi connectivity index (χ3n) is 2.67. The first-order valence-corrected chi connectivity index (χ1v) is 5.83. The van der Waals surface area contributed by atoms with Crippen molar-refractivity contribution in [1.82, 2.24) is 9.55 Å². The molecule has 7 heteroatoms. The summed E-state index contributed by atoms with van der Waals surface area (Å²) >= 11 is 1.45. The van der Waals surface area contributed by atoms with Crippen molar-refractivity contribution in [3.05, 3.63) is 22.7 Å². The molecule has 16 heavy (non-hydrogen) atoms. The highest BCUT2D eigenvalue weighted by atomic mass is 32.2. The van der Waals surface area contributed by atoms with Gasteiger partial charge in [0.05, 0.1) is 12.0 Å². The number of aliphatic hydroxyl groups excluding tert-OH is 2. The highest BCUT2D eigenvalue weighted by Gasteiger charge is 2.42. The van der Waals surface area contributed by atoms with Crippen molar-refractivity contribution in [2.75, 3.05) is 18.9 Å². The lowest BCUT2D eigenvalue weighted by molar-refractivity contribution is 0.155. The molecule has 1 aliphatic heterocycles. The first-order valence-electron chi connectivity index (χ1n) is 4.89. The Hall–Kier alpha value is -1.05. The lowest BCUT2D eigenvalue weighted by atomic mass is 10.0. The van der Waals surface area contributed by atoms with Gasteiger partial charge in [0.25, 0.3) is 0 Å². The molecule has 0 aromatic carbocycles. The molecule has 3 atom stereocenters. The molecule has 0 bridgehead atoms. The fraction of sp³-hybridized carbons (Fsp3) is 0.556. The van der Waals surface area contributed by atoms with Crippen LogP contribution >= 0.6 is 11.8 Å². The molecule has 0 spiro atoms. The Balaban J connectivity index is 2.23. The fourth-order valence-electron chi connectivity index (χ4n) is 1.75. The van der Waals surface area contributed by atoms with Gasteiger partial charge in [-0.05, 0) is 6.07 Å². The summed E-state index contributed by atoms with van der Waals surface area (Å²) < 4.78 is 1.44. The lowest BCUT2D eigenvalue weighted by Crippen LogP contribution is -2.45. The van der Waals surface area contributed by atoms with Crippen LogP contribution in [-0.2, 0) is 0 Å². The first-order chi connectivity index (χ1) is 7.67. The topological polar surface area (TPSA) is 101 Å². The fourth-order valence-corrected chi connectivity index (χ4v) is 3.13. The van der Waals surface area contributed by atoms with E-state index in [0.29, 0.717) is 0 Å². The number of aliphatic hydroxyl groups is 2. The van der Waals surface area contributed by atoms with E-state index in [0.717, 1.165) is 0 Å². The largest absolute Gasteiger partial charge is 0.396 e. The Morgan fingerprint density at radius 2 is 2.25 bits per heavy atom. The average molecular weight is 243 g/mol. The highest BCUT2D eigenvalue weighted by Crippen LogP contribution is 2.49. The maximum atomic E-state index is 11.5. The van der Waals surface area contributed by atoms with E-state index >= 15 is 0 Å². The van der Waals surface area contributed by atoms with E-state index in [-0.39, 0.29) is 35.6 Å². The molecule has 0 radical (unpaired) electrons. The third kappa shape index (κ3) is 1.81. The zero-order chi connectivity index (χ0) is 11.7. The normalized spacial score (nSPS) is 28.8. The molecule has 1 aliphatic rings. The maximum Gasteiger partial charge on any atom is 0.350 e. The van der Waals surface area contributed by atoms with Crippen molar-refractivity contribution in [3.8, 4) is 0 Å². The van der Waals surface area contributed by atoms with Crippen LogP contribution < -0.4 is 11.4 Å². The van der Waals surface area contributed by atoms with E-state index in [2.05, 4.69) is 4.98 Å². The second-order valence-electron chi connectivity index (χ2n) is 3.64. The van der Waals surface area contributed by atoms with Gasteiger partial charge >= 0.3 is 5.69 Å². The van der Waals surface area contributed by atoms with Gasteiger partial charge in [-0.15, -0.1) is 11.8 Å². The van der Waals surface area contributed by atoms with Gasteiger partial charge in [0.1, 0.15) is 5.82 Å². The van der Waals surface area contributed by atoms with Gasteiger partial charge in [-0.3, -0.25) is 4.57 Å². The van der Waals surface area contributed by atoms with Crippen molar-refractivity contribution in [1.29, 1.82) is 0 Å². The second-order valence-corrected chi connectivity index (χ2v) is 5.00. The Morgan fingerprint density at radius 1 is 1.50 bits per heavy atom. The number of rotatable bonds is 3. The molecule has 2 rings (SSSR count). The predicted octanol–water partition coefficient (Wildman–Crippen LogP) is -0.960. The number of nitrogens with zero attached hydrogens (tertiary/aromatic N) is 2. The van der Waals surface area contributed by atoms with Crippen LogP contribution in [0.5, 0.6) is 0 Å². The first kappa shape index (κ1) is 11.4. The van der Waals surface area contributed by atoms with Crippen molar-refractivity contribution >= 4 is 17.6 Å². The van der Waals surface area contributed by atoms with E-state index in [1.807, 2.05) is 0 Å². The number of hydrogen-bond acceptors (Lipinski definition) is 6. The van der Waals surface area contributed by atoms with Crippen LogP contribution in [0.25, 0.3) is 0 Å². The summed E-state index contributed by atoms with van der Waals surface area (Å²) in [4.78, 5) is 15.2. The standard InChI is InChI=1S/C9H13N3O3S/c10-7-1-2-12(9(15)11-7)8-5(3-13)6(4-14)16-8/h1-2,5-6,8,13-14H,3-4H2,(H2,10,11,15)/t5-,6-,8-/m1/s1. The summed E-state index contributed by atoms with van der Waals surface area (Å²) in [5, 5.41) is 18.0. The molecule has 2 heterocycles. The maximum absolute atomic E-state index is 11.5. The van der Waals surface area contributed by atoms with E-state index in [1.54, 1.807) is 12.3 Å². The molecule has 0 amide bonds. The summed E-state index contributed by atoms with van der Waals surface area (Å²) in [7, 11) is 0. The van der Waals surface area contributed by atoms with Crippen molar-refractivity contribution in [2.45, 2.75) is 10.6 Å². The molecule has 0 saturated carbocycles. The van der Waals surface area contributed by atoms with E-state index in [4.69, 9.17) is 10.8 Å². The second kappa shape index (κ2) is 4.44. The average Bonchev–Trinajstić information content (AvgIpc) is 2.21. The molecule has 6 nitrogen and oxygen atoms in total. The van der Waals surface area contributed by atoms with E-state index < -0.39 is 5.69 Å². The number of hydrogen-bond donors (Lipinski definition) is 3. The SMILES string of the molecule is Nc1ccn([C@@H]2S[C@H](CO)[C@H]2CO)c(=O)n1. The highest BCUT2D eigenvalue weighted by molar-refractivity contribution is 8.01. The molecule has 1 fully saturated rings. The van der Waals surface area contributed by atoms with Gasteiger partial charge in [-0.1, -0.05) is 0 Å². The predicted molar refractivity (Wildman–Crippen MR) is 61.0 cm³/mol. The van der Waals surface area contributed by atoms with Crippen LogP contribution in [0.4, 0.5) is 5.82 Å². The summed E-state index contributed by atoms with van der Waals surface area (Å²) in [5.74, 6) is 0.0722. The van der Waals surface area contributed by atoms with Crippen LogP contribution in [0.2, 0.25) is 0 Å². The van der Waals surface area contributed by atoms with E-state index in [9.17, 15) is 9.90 Å². The summed E-state index contributed by atoms with van der Waals surface area (Å²) in [6, 6.07) is 1.54. The molecule has 1 aromatic heterocycles. The molecule has 4 N–H and O–H groups in total. The van der Waals surface area contributed by atoms with Crippen LogP contribution in [0, 0.1) is 5.92 Å². The lowest BCUT2D eigenvalue weighted by Gasteiger charge is -2.42. The molecule has 88 valence electrons. The molecule has 1 saturated heterocycles. The minimum absolute atomic E-state index is 0.00352. The van der Waals surface area contributed by atoms with Gasteiger partial charge < -0.3 is 15.9 Å². The van der Waals surface area contributed by atoms with Crippen LogP contribution in [-0.4, -0.2) is 38.2 Å². The Kier molecular flexibility index (Phi) is 3.17. The van der Waals surface area contributed by atoms with Gasteiger partial charge in [-0.2, -0.15) is 4.98 Å². The van der Waals surface area contributed by atoms with E-state index in [1.165, 1.54) is 16.3 Å². The minimum Gasteiger partial charge on any atom is -0.396 e. The Labute approximate surface area is 96.1 Å². The van der Waals surface area contributed by atoms with Crippen molar-refractivity contribution < 1.29 is 10.2 Å². The van der Waals surface area contributed by atoms with Crippen molar-refractivity contribution in [2.24, 2.45) is 5.92 Å². The number of nitrogen functional groups attached to an aromatic ring is 1.